The molecule has 15 heavy (non-hydrogen) atoms. The fourth-order valence-corrected chi connectivity index (χ4v) is 1.29. The molecule has 0 unspecified atom stereocenters. The molecule has 0 fully saturated rings. The Bertz CT molecular complexity index is 476. The van der Waals surface area contributed by atoms with Crippen molar-refractivity contribution >= 4 is 10.8 Å². The van der Waals surface area contributed by atoms with Crippen molar-refractivity contribution in [2.75, 3.05) is 0 Å². The molecule has 0 atom stereocenters. The second-order valence-electron chi connectivity index (χ2n) is 2.97. The number of alkyl halides is 3. The average Bonchev–Trinajstić information content (AvgIpc) is 2.15. The summed E-state index contributed by atoms with van der Waals surface area (Å²) in [4.78, 5) is 0. The monoisotopic (exact) mass is 211 g/mol. The summed E-state index contributed by atoms with van der Waals surface area (Å²) in [5.74, 6) is -0.225. The lowest BCUT2D eigenvalue weighted by molar-refractivity contribution is -0.274. The van der Waals surface area contributed by atoms with Gasteiger partial charge in [0.2, 0.25) is 0 Å². The number of benzene rings is 2. The first-order valence-electron chi connectivity index (χ1n) is 4.21. The van der Waals surface area contributed by atoms with Crippen LogP contribution in [0.3, 0.4) is 0 Å². The van der Waals surface area contributed by atoms with E-state index < -0.39 is 6.36 Å². The number of ether oxygens (including phenoxy) is 1. The van der Waals surface area contributed by atoms with Crippen LogP contribution in [0.5, 0.6) is 5.75 Å². The summed E-state index contributed by atoms with van der Waals surface area (Å²) >= 11 is 0. The minimum Gasteiger partial charge on any atom is -0.406 e. The van der Waals surface area contributed by atoms with E-state index in [2.05, 4.69) is 10.8 Å². The number of rotatable bonds is 1. The van der Waals surface area contributed by atoms with Crippen molar-refractivity contribution in [1.29, 1.82) is 0 Å². The Morgan fingerprint density at radius 2 is 1.93 bits per heavy atom. The predicted molar refractivity (Wildman–Crippen MR) is 49.5 cm³/mol. The molecular formula is C11H6F3O. The van der Waals surface area contributed by atoms with Crippen LogP contribution in [0, 0.1) is 6.07 Å². The number of fused-ring (bicyclic) bond motifs is 1. The molecule has 1 radical (unpaired) electrons. The van der Waals surface area contributed by atoms with E-state index in [1.807, 2.05) is 0 Å². The van der Waals surface area contributed by atoms with Crippen LogP contribution >= 0.6 is 0 Å². The van der Waals surface area contributed by atoms with Gasteiger partial charge in [-0.2, -0.15) is 0 Å². The maximum absolute atomic E-state index is 11.9. The van der Waals surface area contributed by atoms with Crippen LogP contribution < -0.4 is 4.74 Å². The smallest absolute Gasteiger partial charge is 0.406 e. The molecule has 0 saturated heterocycles. The quantitative estimate of drug-likeness (QED) is 0.701. The van der Waals surface area contributed by atoms with Crippen LogP contribution in [0.25, 0.3) is 10.8 Å². The number of halogens is 3. The zero-order chi connectivity index (χ0) is 10.9. The number of hydrogen-bond donors (Lipinski definition) is 0. The van der Waals surface area contributed by atoms with Crippen molar-refractivity contribution in [3.05, 3.63) is 42.5 Å². The van der Waals surface area contributed by atoms with E-state index in [1.54, 1.807) is 24.3 Å². The summed E-state index contributed by atoms with van der Waals surface area (Å²) in [5, 5.41) is 1.42. The van der Waals surface area contributed by atoms with Gasteiger partial charge in [0, 0.05) is 0 Å². The summed E-state index contributed by atoms with van der Waals surface area (Å²) in [6, 6.07) is 12.2. The Hall–Kier alpha value is -1.71. The highest BCUT2D eigenvalue weighted by Gasteiger charge is 2.31. The Labute approximate surface area is 84.1 Å². The fraction of sp³-hybridized carbons (Fsp3) is 0.0909. The maximum atomic E-state index is 11.9. The third kappa shape index (κ3) is 2.40. The van der Waals surface area contributed by atoms with Gasteiger partial charge in [-0.25, -0.2) is 0 Å². The van der Waals surface area contributed by atoms with Crippen molar-refractivity contribution in [1.82, 2.24) is 0 Å². The third-order valence-corrected chi connectivity index (χ3v) is 1.87. The molecule has 0 saturated carbocycles. The minimum absolute atomic E-state index is 0.225. The lowest BCUT2D eigenvalue weighted by atomic mass is 10.1. The molecule has 0 aromatic heterocycles. The van der Waals surface area contributed by atoms with Crippen LogP contribution in [-0.4, -0.2) is 6.36 Å². The summed E-state index contributed by atoms with van der Waals surface area (Å²) in [7, 11) is 0. The molecule has 0 N–H and O–H groups in total. The molecular weight excluding hydrogens is 205 g/mol. The molecule has 1 nitrogen and oxygen atoms in total. The van der Waals surface area contributed by atoms with Crippen molar-refractivity contribution in [3.8, 4) is 5.75 Å². The highest BCUT2D eigenvalue weighted by atomic mass is 19.4. The van der Waals surface area contributed by atoms with Gasteiger partial charge in [0.25, 0.3) is 0 Å². The van der Waals surface area contributed by atoms with Gasteiger partial charge in [0.05, 0.1) is 0 Å². The van der Waals surface area contributed by atoms with Crippen molar-refractivity contribution in [2.45, 2.75) is 6.36 Å². The molecule has 0 spiro atoms. The lowest BCUT2D eigenvalue weighted by Gasteiger charge is -2.09. The standard InChI is InChI=1S/C11H6F3O/c12-11(13,14)15-10-6-5-8-3-1-2-4-9(8)7-10/h1-3,5-7H. The van der Waals surface area contributed by atoms with Crippen LogP contribution in [0.2, 0.25) is 0 Å². The van der Waals surface area contributed by atoms with Gasteiger partial charge in [-0.05, 0) is 29.0 Å². The van der Waals surface area contributed by atoms with Gasteiger partial charge >= 0.3 is 6.36 Å². The molecule has 77 valence electrons. The van der Waals surface area contributed by atoms with Crippen molar-refractivity contribution < 1.29 is 17.9 Å². The molecule has 0 amide bonds. The normalized spacial score (nSPS) is 11.7. The second-order valence-corrected chi connectivity index (χ2v) is 2.97. The molecule has 2 rings (SSSR count). The fourth-order valence-electron chi connectivity index (χ4n) is 1.29. The first kappa shape index (κ1) is 9.83. The number of hydrogen-bond acceptors (Lipinski definition) is 1. The zero-order valence-corrected chi connectivity index (χ0v) is 7.51. The Morgan fingerprint density at radius 1 is 1.13 bits per heavy atom. The van der Waals surface area contributed by atoms with Crippen LogP contribution in [0.1, 0.15) is 0 Å². The molecule has 0 aliphatic rings. The Balaban J connectivity index is 2.39. The third-order valence-electron chi connectivity index (χ3n) is 1.87. The van der Waals surface area contributed by atoms with E-state index in [0.717, 1.165) is 5.39 Å². The topological polar surface area (TPSA) is 9.23 Å². The predicted octanol–water partition coefficient (Wildman–Crippen LogP) is 3.54. The van der Waals surface area contributed by atoms with E-state index in [0.29, 0.717) is 5.39 Å². The molecule has 0 aliphatic carbocycles. The highest BCUT2D eigenvalue weighted by Crippen LogP contribution is 2.25. The molecule has 0 bridgehead atoms. The van der Waals surface area contributed by atoms with Gasteiger partial charge in [0.1, 0.15) is 5.75 Å². The highest BCUT2D eigenvalue weighted by molar-refractivity contribution is 5.83. The van der Waals surface area contributed by atoms with Crippen LogP contribution in [0.4, 0.5) is 13.2 Å². The van der Waals surface area contributed by atoms with E-state index in [9.17, 15) is 13.2 Å². The molecule has 2 aromatic carbocycles. The Morgan fingerprint density at radius 3 is 2.67 bits per heavy atom. The Kier molecular flexibility index (Phi) is 2.26. The van der Waals surface area contributed by atoms with E-state index in [-0.39, 0.29) is 5.75 Å². The molecule has 4 heteroatoms. The van der Waals surface area contributed by atoms with Gasteiger partial charge in [0.15, 0.2) is 0 Å². The van der Waals surface area contributed by atoms with Gasteiger partial charge in [-0.15, -0.1) is 13.2 Å². The first-order chi connectivity index (χ1) is 7.04. The first-order valence-corrected chi connectivity index (χ1v) is 4.21. The summed E-state index contributed by atoms with van der Waals surface area (Å²) in [6.45, 7) is 0. The van der Waals surface area contributed by atoms with Gasteiger partial charge in [-0.1, -0.05) is 24.3 Å². The summed E-state index contributed by atoms with van der Waals surface area (Å²) in [5.41, 5.74) is 0. The molecule has 0 heterocycles. The SMILES string of the molecule is FC(F)(F)Oc1ccc2ccc[c]c2c1. The van der Waals surface area contributed by atoms with Gasteiger partial charge in [-0.3, -0.25) is 0 Å². The minimum atomic E-state index is -4.65. The summed E-state index contributed by atoms with van der Waals surface area (Å²) in [6.07, 6.45) is -4.65. The van der Waals surface area contributed by atoms with E-state index >= 15 is 0 Å². The lowest BCUT2D eigenvalue weighted by Crippen LogP contribution is -2.16. The average molecular weight is 211 g/mol. The maximum Gasteiger partial charge on any atom is 0.573 e. The van der Waals surface area contributed by atoms with Crippen molar-refractivity contribution in [2.24, 2.45) is 0 Å². The van der Waals surface area contributed by atoms with E-state index in [1.165, 1.54) is 12.1 Å². The largest absolute Gasteiger partial charge is 0.573 e. The van der Waals surface area contributed by atoms with Crippen LogP contribution in [0.15, 0.2) is 36.4 Å². The van der Waals surface area contributed by atoms with Gasteiger partial charge < -0.3 is 4.74 Å². The van der Waals surface area contributed by atoms with Crippen LogP contribution in [-0.2, 0) is 0 Å². The zero-order valence-electron chi connectivity index (χ0n) is 7.51. The van der Waals surface area contributed by atoms with Crippen molar-refractivity contribution in [3.63, 3.8) is 0 Å². The van der Waals surface area contributed by atoms with E-state index in [4.69, 9.17) is 0 Å². The second kappa shape index (κ2) is 3.46. The molecule has 0 aliphatic heterocycles. The summed E-state index contributed by atoms with van der Waals surface area (Å²) < 4.78 is 39.5. The molecule has 2 aromatic rings.